The molecule has 0 saturated heterocycles. The third-order valence-corrected chi connectivity index (χ3v) is 3.20. The Labute approximate surface area is 99.2 Å². The van der Waals surface area contributed by atoms with E-state index in [0.29, 0.717) is 12.5 Å². The summed E-state index contributed by atoms with van der Waals surface area (Å²) in [6.45, 7) is 0.453. The van der Waals surface area contributed by atoms with Crippen LogP contribution in [0.4, 0.5) is 4.39 Å². The lowest BCUT2D eigenvalue weighted by atomic mass is 9.83. The van der Waals surface area contributed by atoms with Gasteiger partial charge in [-0.1, -0.05) is 25.3 Å². The SMILES string of the molecule is O=C(O)c1c(F)cccc1OCCC1CCC1. The van der Waals surface area contributed by atoms with Crippen LogP contribution < -0.4 is 4.74 Å². The van der Waals surface area contributed by atoms with Crippen LogP contribution in [0.15, 0.2) is 18.2 Å². The molecule has 1 aromatic rings. The molecule has 0 aromatic heterocycles. The molecule has 0 spiro atoms. The Morgan fingerprint density at radius 2 is 2.24 bits per heavy atom. The minimum atomic E-state index is -1.29. The van der Waals surface area contributed by atoms with E-state index in [2.05, 4.69) is 0 Å². The molecule has 1 N–H and O–H groups in total. The maximum Gasteiger partial charge on any atom is 0.342 e. The van der Waals surface area contributed by atoms with Gasteiger partial charge in [0.05, 0.1) is 6.61 Å². The first kappa shape index (κ1) is 11.9. The topological polar surface area (TPSA) is 46.5 Å². The molecule has 1 aliphatic carbocycles. The van der Waals surface area contributed by atoms with Crippen molar-refractivity contribution in [1.29, 1.82) is 0 Å². The van der Waals surface area contributed by atoms with Crippen LogP contribution in [0.3, 0.4) is 0 Å². The van der Waals surface area contributed by atoms with Crippen molar-refractivity contribution in [1.82, 2.24) is 0 Å². The summed E-state index contributed by atoms with van der Waals surface area (Å²) in [4.78, 5) is 10.9. The van der Waals surface area contributed by atoms with Gasteiger partial charge in [0.25, 0.3) is 0 Å². The van der Waals surface area contributed by atoms with Crippen LogP contribution in [-0.2, 0) is 0 Å². The number of ether oxygens (including phenoxy) is 1. The molecule has 0 heterocycles. The smallest absolute Gasteiger partial charge is 0.342 e. The second-order valence-corrected chi connectivity index (χ2v) is 4.35. The number of carboxylic acids is 1. The van der Waals surface area contributed by atoms with Crippen LogP contribution in [-0.4, -0.2) is 17.7 Å². The van der Waals surface area contributed by atoms with E-state index in [0.717, 1.165) is 12.5 Å². The number of benzene rings is 1. The second-order valence-electron chi connectivity index (χ2n) is 4.35. The van der Waals surface area contributed by atoms with Gasteiger partial charge in [0, 0.05) is 0 Å². The van der Waals surface area contributed by atoms with Crippen molar-refractivity contribution >= 4 is 5.97 Å². The molecule has 1 fully saturated rings. The summed E-state index contributed by atoms with van der Waals surface area (Å²) in [6.07, 6.45) is 4.62. The fraction of sp³-hybridized carbons (Fsp3) is 0.462. The minimum Gasteiger partial charge on any atom is -0.493 e. The van der Waals surface area contributed by atoms with Gasteiger partial charge in [-0.25, -0.2) is 9.18 Å². The van der Waals surface area contributed by atoms with E-state index in [4.69, 9.17) is 9.84 Å². The molecule has 0 bridgehead atoms. The summed E-state index contributed by atoms with van der Waals surface area (Å²) in [5, 5.41) is 8.89. The summed E-state index contributed by atoms with van der Waals surface area (Å²) in [5.74, 6) is -1.23. The van der Waals surface area contributed by atoms with Crippen molar-refractivity contribution in [2.45, 2.75) is 25.7 Å². The van der Waals surface area contributed by atoms with Gasteiger partial charge in [-0.3, -0.25) is 0 Å². The Kier molecular flexibility index (Phi) is 3.61. The van der Waals surface area contributed by atoms with Gasteiger partial charge in [0.1, 0.15) is 17.1 Å². The molecule has 1 aromatic carbocycles. The summed E-state index contributed by atoms with van der Waals surface area (Å²) >= 11 is 0. The molecular weight excluding hydrogens is 223 g/mol. The average molecular weight is 238 g/mol. The van der Waals surface area contributed by atoms with Gasteiger partial charge in [0.2, 0.25) is 0 Å². The molecule has 4 heteroatoms. The number of carboxylic acid groups (broad SMARTS) is 1. The first-order valence-electron chi connectivity index (χ1n) is 5.83. The van der Waals surface area contributed by atoms with Crippen LogP contribution in [0.5, 0.6) is 5.75 Å². The van der Waals surface area contributed by atoms with E-state index < -0.39 is 11.8 Å². The highest BCUT2D eigenvalue weighted by Gasteiger charge is 2.19. The molecule has 92 valence electrons. The van der Waals surface area contributed by atoms with Crippen molar-refractivity contribution in [2.24, 2.45) is 5.92 Å². The molecule has 0 unspecified atom stereocenters. The van der Waals surface area contributed by atoms with Crippen LogP contribution in [0.25, 0.3) is 0 Å². The normalized spacial score (nSPS) is 15.4. The number of hydrogen-bond acceptors (Lipinski definition) is 2. The first-order valence-corrected chi connectivity index (χ1v) is 5.83. The average Bonchev–Trinajstić information content (AvgIpc) is 2.21. The van der Waals surface area contributed by atoms with Gasteiger partial charge in [0.15, 0.2) is 0 Å². The van der Waals surface area contributed by atoms with E-state index in [-0.39, 0.29) is 11.3 Å². The molecule has 2 rings (SSSR count). The van der Waals surface area contributed by atoms with E-state index in [9.17, 15) is 9.18 Å². The largest absolute Gasteiger partial charge is 0.493 e. The zero-order valence-corrected chi connectivity index (χ0v) is 9.49. The van der Waals surface area contributed by atoms with Crippen molar-refractivity contribution in [2.75, 3.05) is 6.61 Å². The number of carbonyl (C=O) groups is 1. The highest BCUT2D eigenvalue weighted by atomic mass is 19.1. The Morgan fingerprint density at radius 1 is 1.47 bits per heavy atom. The molecule has 17 heavy (non-hydrogen) atoms. The quantitative estimate of drug-likeness (QED) is 0.857. The van der Waals surface area contributed by atoms with Crippen LogP contribution in [0.2, 0.25) is 0 Å². The molecule has 0 atom stereocenters. The molecule has 0 radical (unpaired) electrons. The zero-order chi connectivity index (χ0) is 12.3. The van der Waals surface area contributed by atoms with Crippen LogP contribution >= 0.6 is 0 Å². The lowest BCUT2D eigenvalue weighted by Gasteiger charge is -2.25. The van der Waals surface area contributed by atoms with Crippen molar-refractivity contribution in [3.8, 4) is 5.75 Å². The number of halogens is 1. The lowest BCUT2D eigenvalue weighted by molar-refractivity contribution is 0.0686. The van der Waals surface area contributed by atoms with E-state index in [1.165, 1.54) is 31.4 Å². The highest BCUT2D eigenvalue weighted by molar-refractivity contribution is 5.91. The molecule has 0 aliphatic heterocycles. The molecular formula is C13H15FO3. The number of aromatic carboxylic acids is 1. The summed E-state index contributed by atoms with van der Waals surface area (Å²) in [6, 6.07) is 4.08. The van der Waals surface area contributed by atoms with Crippen molar-refractivity contribution in [3.63, 3.8) is 0 Å². The second kappa shape index (κ2) is 5.17. The fourth-order valence-electron chi connectivity index (χ4n) is 1.95. The summed E-state index contributed by atoms with van der Waals surface area (Å²) in [7, 11) is 0. The molecule has 1 aliphatic rings. The van der Waals surface area contributed by atoms with Crippen molar-refractivity contribution < 1.29 is 19.0 Å². The molecule has 3 nitrogen and oxygen atoms in total. The first-order chi connectivity index (χ1) is 8.18. The molecule has 1 saturated carbocycles. The third-order valence-electron chi connectivity index (χ3n) is 3.20. The maximum atomic E-state index is 13.3. The fourth-order valence-corrected chi connectivity index (χ4v) is 1.95. The minimum absolute atomic E-state index is 0.122. The highest BCUT2D eigenvalue weighted by Crippen LogP contribution is 2.30. The predicted molar refractivity (Wildman–Crippen MR) is 60.8 cm³/mol. The van der Waals surface area contributed by atoms with Crippen LogP contribution in [0.1, 0.15) is 36.0 Å². The zero-order valence-electron chi connectivity index (χ0n) is 9.49. The van der Waals surface area contributed by atoms with E-state index in [1.54, 1.807) is 0 Å². The van der Waals surface area contributed by atoms with Gasteiger partial charge in [-0.15, -0.1) is 0 Å². The van der Waals surface area contributed by atoms with Gasteiger partial charge in [-0.05, 0) is 24.5 Å². The molecule has 0 amide bonds. The number of rotatable bonds is 5. The van der Waals surface area contributed by atoms with Gasteiger partial charge < -0.3 is 9.84 Å². The Bertz CT molecular complexity index is 413. The summed E-state index contributed by atoms with van der Waals surface area (Å²) in [5.41, 5.74) is -0.374. The van der Waals surface area contributed by atoms with E-state index in [1.807, 2.05) is 0 Å². The van der Waals surface area contributed by atoms with Crippen molar-refractivity contribution in [3.05, 3.63) is 29.6 Å². The Hall–Kier alpha value is -1.58. The monoisotopic (exact) mass is 238 g/mol. The van der Waals surface area contributed by atoms with E-state index >= 15 is 0 Å². The van der Waals surface area contributed by atoms with Gasteiger partial charge >= 0.3 is 5.97 Å². The number of hydrogen-bond donors (Lipinski definition) is 1. The lowest BCUT2D eigenvalue weighted by Crippen LogP contribution is -2.15. The van der Waals surface area contributed by atoms with Gasteiger partial charge in [-0.2, -0.15) is 0 Å². The summed E-state index contributed by atoms with van der Waals surface area (Å²) < 4.78 is 18.7. The maximum absolute atomic E-state index is 13.3. The van der Waals surface area contributed by atoms with Crippen LogP contribution in [0, 0.1) is 11.7 Å². The Balaban J connectivity index is 1.98. The predicted octanol–water partition coefficient (Wildman–Crippen LogP) is 3.09. The third kappa shape index (κ3) is 2.75. The Morgan fingerprint density at radius 3 is 2.82 bits per heavy atom. The standard InChI is InChI=1S/C13H15FO3/c14-10-5-2-6-11(12(10)13(15)16)17-8-7-9-3-1-4-9/h2,5-6,9H,1,3-4,7-8H2,(H,15,16).